The fraction of sp³-hybridized carbons (Fsp3) is 0.444. The summed E-state index contributed by atoms with van der Waals surface area (Å²) in [6.07, 6.45) is 2.08. The zero-order valence-corrected chi connectivity index (χ0v) is 14.3. The minimum atomic E-state index is -0.398. The Hall–Kier alpha value is -1.85. The third-order valence-electron chi connectivity index (χ3n) is 4.88. The first kappa shape index (κ1) is 15.7. The molecule has 24 heavy (non-hydrogen) atoms. The summed E-state index contributed by atoms with van der Waals surface area (Å²) in [4.78, 5) is 14.8. The molecule has 5 nitrogen and oxygen atoms in total. The number of likely N-dealkylation sites (tertiary alicyclic amines) is 1. The Balaban J connectivity index is 1.46. The van der Waals surface area contributed by atoms with Gasteiger partial charge in [-0.15, -0.1) is 0 Å². The predicted molar refractivity (Wildman–Crippen MR) is 89.5 cm³/mol. The van der Waals surface area contributed by atoms with Gasteiger partial charge in [0.15, 0.2) is 5.78 Å². The Bertz CT molecular complexity index is 778. The minimum Gasteiger partial charge on any atom is -0.486 e. The summed E-state index contributed by atoms with van der Waals surface area (Å²) in [5.41, 5.74) is 1.19. The molecule has 0 unspecified atom stereocenters. The number of aryl methyl sites for hydroxylation is 1. The zero-order chi connectivity index (χ0) is 16.7. The lowest BCUT2D eigenvalue weighted by Gasteiger charge is -2.43. The lowest BCUT2D eigenvalue weighted by atomic mass is 9.82. The number of benzene rings is 1. The van der Waals surface area contributed by atoms with Crippen LogP contribution in [0.2, 0.25) is 5.02 Å². The summed E-state index contributed by atoms with van der Waals surface area (Å²) in [6.45, 7) is 4.40. The fourth-order valence-corrected chi connectivity index (χ4v) is 3.75. The number of fused-ring (bicyclic) bond motifs is 1. The number of halogens is 1. The number of ketones is 1. The highest BCUT2D eigenvalue weighted by atomic mass is 35.5. The van der Waals surface area contributed by atoms with Crippen LogP contribution in [-0.4, -0.2) is 34.5 Å². The van der Waals surface area contributed by atoms with Gasteiger partial charge in [-0.3, -0.25) is 9.69 Å². The van der Waals surface area contributed by atoms with E-state index >= 15 is 0 Å². The van der Waals surface area contributed by atoms with E-state index in [4.69, 9.17) is 20.9 Å². The Morgan fingerprint density at radius 2 is 2.08 bits per heavy atom. The number of carbonyl (C=O) groups excluding carboxylic acids is 1. The normalized spacial score (nSPS) is 20.0. The Kier molecular flexibility index (Phi) is 3.85. The van der Waals surface area contributed by atoms with E-state index in [0.29, 0.717) is 22.8 Å². The molecule has 0 saturated carbocycles. The van der Waals surface area contributed by atoms with Crippen molar-refractivity contribution in [3.05, 3.63) is 46.3 Å². The van der Waals surface area contributed by atoms with Crippen molar-refractivity contribution in [2.75, 3.05) is 13.1 Å². The van der Waals surface area contributed by atoms with Gasteiger partial charge in [0.25, 0.3) is 0 Å². The van der Waals surface area contributed by atoms with Crippen molar-refractivity contribution in [3.63, 3.8) is 0 Å². The lowest BCUT2D eigenvalue weighted by Crippen LogP contribution is -2.50. The fourth-order valence-electron chi connectivity index (χ4n) is 3.59. The van der Waals surface area contributed by atoms with Crippen LogP contribution in [0.3, 0.4) is 0 Å². The van der Waals surface area contributed by atoms with Crippen LogP contribution < -0.4 is 4.74 Å². The maximum absolute atomic E-state index is 12.5. The van der Waals surface area contributed by atoms with E-state index in [-0.39, 0.29) is 5.78 Å². The summed E-state index contributed by atoms with van der Waals surface area (Å²) in [7, 11) is 0. The molecule has 2 aliphatic heterocycles. The summed E-state index contributed by atoms with van der Waals surface area (Å²) in [5, 5.41) is 4.64. The number of hydrogen-bond acceptors (Lipinski definition) is 5. The number of piperidine rings is 1. The molecule has 1 aromatic carbocycles. The van der Waals surface area contributed by atoms with Gasteiger partial charge in [-0.05, 0) is 25.1 Å². The summed E-state index contributed by atoms with van der Waals surface area (Å²) < 4.78 is 11.4. The topological polar surface area (TPSA) is 55.6 Å². The van der Waals surface area contributed by atoms with Gasteiger partial charge in [0.1, 0.15) is 17.1 Å². The Morgan fingerprint density at radius 1 is 1.29 bits per heavy atom. The minimum absolute atomic E-state index is 0.147. The Labute approximate surface area is 145 Å². The Morgan fingerprint density at radius 3 is 2.79 bits per heavy atom. The van der Waals surface area contributed by atoms with E-state index in [2.05, 4.69) is 10.1 Å². The molecule has 1 spiro atoms. The van der Waals surface area contributed by atoms with Crippen molar-refractivity contribution >= 4 is 17.4 Å². The van der Waals surface area contributed by atoms with Crippen molar-refractivity contribution in [1.29, 1.82) is 0 Å². The molecule has 0 amide bonds. The molecule has 6 heteroatoms. The van der Waals surface area contributed by atoms with Crippen LogP contribution in [0.4, 0.5) is 0 Å². The largest absolute Gasteiger partial charge is 0.486 e. The van der Waals surface area contributed by atoms with E-state index in [1.807, 2.05) is 13.0 Å². The summed E-state index contributed by atoms with van der Waals surface area (Å²) in [6, 6.07) is 7.21. The third-order valence-corrected chi connectivity index (χ3v) is 5.12. The number of nitrogens with zero attached hydrogens (tertiary/aromatic N) is 2. The number of hydrogen-bond donors (Lipinski definition) is 0. The second kappa shape index (κ2) is 5.90. The maximum atomic E-state index is 12.5. The quantitative estimate of drug-likeness (QED) is 0.831. The van der Waals surface area contributed by atoms with Crippen molar-refractivity contribution in [3.8, 4) is 5.75 Å². The molecule has 1 fully saturated rings. The molecule has 3 heterocycles. The number of carbonyl (C=O) groups is 1. The molecule has 0 atom stereocenters. The number of aromatic nitrogens is 1. The molecular weight excluding hydrogens is 328 g/mol. The second-order valence-electron chi connectivity index (χ2n) is 6.73. The van der Waals surface area contributed by atoms with E-state index in [0.717, 1.165) is 43.9 Å². The smallest absolute Gasteiger partial charge is 0.170 e. The number of ether oxygens (including phenoxy) is 1. The molecule has 1 saturated heterocycles. The monoisotopic (exact) mass is 346 g/mol. The van der Waals surface area contributed by atoms with Crippen LogP contribution in [0, 0.1) is 6.92 Å². The van der Waals surface area contributed by atoms with Gasteiger partial charge in [-0.1, -0.05) is 16.8 Å². The van der Waals surface area contributed by atoms with Crippen molar-refractivity contribution in [2.24, 2.45) is 0 Å². The average molecular weight is 347 g/mol. The molecule has 1 aromatic heterocycles. The molecule has 2 aliphatic rings. The van der Waals surface area contributed by atoms with Gasteiger partial charge in [-0.25, -0.2) is 0 Å². The zero-order valence-electron chi connectivity index (χ0n) is 13.5. The van der Waals surface area contributed by atoms with Crippen LogP contribution in [0.1, 0.15) is 41.1 Å². The molecule has 0 bridgehead atoms. The molecule has 2 aromatic rings. The first-order chi connectivity index (χ1) is 11.5. The molecular formula is C18H19ClN2O3. The number of rotatable bonds is 2. The van der Waals surface area contributed by atoms with Crippen molar-refractivity contribution in [1.82, 2.24) is 10.1 Å². The summed E-state index contributed by atoms with van der Waals surface area (Å²) in [5.74, 6) is 1.60. The first-order valence-electron chi connectivity index (χ1n) is 8.19. The van der Waals surface area contributed by atoms with Crippen LogP contribution in [0.25, 0.3) is 0 Å². The van der Waals surface area contributed by atoms with Crippen molar-refractivity contribution < 1.29 is 14.1 Å². The van der Waals surface area contributed by atoms with E-state index in [1.54, 1.807) is 18.2 Å². The number of Topliss-reactive ketones (excluding diaryl/α,β-unsaturated/α-hetero) is 1. The standard InChI is InChI=1S/C18H19ClN2O3/c1-12-8-14(20-24-12)11-21-6-4-18(5-7-21)10-16(22)15-3-2-13(19)9-17(15)23-18/h2-3,8-9H,4-7,10-11H2,1H3. The molecule has 0 N–H and O–H groups in total. The highest BCUT2D eigenvalue weighted by Gasteiger charge is 2.42. The maximum Gasteiger partial charge on any atom is 0.170 e. The summed E-state index contributed by atoms with van der Waals surface area (Å²) >= 11 is 6.05. The highest BCUT2D eigenvalue weighted by Crippen LogP contribution is 2.40. The molecule has 4 rings (SSSR count). The van der Waals surface area contributed by atoms with Crippen LogP contribution in [0.15, 0.2) is 28.8 Å². The first-order valence-corrected chi connectivity index (χ1v) is 8.57. The highest BCUT2D eigenvalue weighted by molar-refractivity contribution is 6.30. The van der Waals surface area contributed by atoms with Gasteiger partial charge in [0, 0.05) is 43.6 Å². The lowest BCUT2D eigenvalue weighted by molar-refractivity contribution is -0.0111. The van der Waals surface area contributed by atoms with E-state index in [9.17, 15) is 4.79 Å². The predicted octanol–water partition coefficient (Wildman–Crippen LogP) is 3.64. The van der Waals surface area contributed by atoms with Crippen LogP contribution >= 0.6 is 11.6 Å². The van der Waals surface area contributed by atoms with Crippen molar-refractivity contribution in [2.45, 2.75) is 38.3 Å². The van der Waals surface area contributed by atoms with E-state index in [1.165, 1.54) is 0 Å². The molecule has 0 radical (unpaired) electrons. The molecule has 0 aliphatic carbocycles. The van der Waals surface area contributed by atoms with Crippen LogP contribution in [-0.2, 0) is 6.54 Å². The van der Waals surface area contributed by atoms with E-state index < -0.39 is 5.60 Å². The van der Waals surface area contributed by atoms with Crippen LogP contribution in [0.5, 0.6) is 5.75 Å². The van der Waals surface area contributed by atoms with Gasteiger partial charge < -0.3 is 9.26 Å². The van der Waals surface area contributed by atoms with Gasteiger partial charge in [-0.2, -0.15) is 0 Å². The SMILES string of the molecule is Cc1cc(CN2CCC3(CC2)CC(=O)c2ccc(Cl)cc2O3)no1. The van der Waals surface area contributed by atoms with Gasteiger partial charge >= 0.3 is 0 Å². The average Bonchev–Trinajstić information content (AvgIpc) is 2.94. The molecule has 126 valence electrons. The second-order valence-corrected chi connectivity index (χ2v) is 7.17. The van der Waals surface area contributed by atoms with Gasteiger partial charge in [0.2, 0.25) is 0 Å². The van der Waals surface area contributed by atoms with Gasteiger partial charge in [0.05, 0.1) is 17.7 Å². The third kappa shape index (κ3) is 2.94.